The van der Waals surface area contributed by atoms with E-state index in [4.69, 9.17) is 14.9 Å². The maximum absolute atomic E-state index is 5.63. The maximum atomic E-state index is 5.63. The second-order valence-electron chi connectivity index (χ2n) is 4.77. The highest BCUT2D eigenvalue weighted by Crippen LogP contribution is 2.13. The normalized spacial score (nSPS) is 12.4. The monoisotopic (exact) mass is 226 g/mol. The van der Waals surface area contributed by atoms with Gasteiger partial charge in [-0.1, -0.05) is 0 Å². The summed E-state index contributed by atoms with van der Waals surface area (Å²) in [4.78, 5) is 2.14. The zero-order valence-corrected chi connectivity index (χ0v) is 10.6. The topological polar surface area (TPSA) is 51.6 Å². The zero-order chi connectivity index (χ0) is 12.2. The number of nitrogens with two attached hydrogens (primary N) is 1. The van der Waals surface area contributed by atoms with Gasteiger partial charge in [-0.05, 0) is 40.1 Å². The highest BCUT2D eigenvalue weighted by Gasteiger charge is 2.20. The van der Waals surface area contributed by atoms with E-state index in [1.54, 1.807) is 0 Å². The molecule has 16 heavy (non-hydrogen) atoms. The van der Waals surface area contributed by atoms with Crippen LogP contribution >= 0.6 is 0 Å². The third kappa shape index (κ3) is 3.63. The Bertz CT molecular complexity index is 319. The first-order valence-electron chi connectivity index (χ1n) is 5.48. The minimum Gasteiger partial charge on any atom is -0.462 e. The van der Waals surface area contributed by atoms with E-state index in [9.17, 15) is 0 Å². The van der Waals surface area contributed by atoms with Gasteiger partial charge in [0.25, 0.3) is 0 Å². The number of hydrogen-bond donors (Lipinski definition) is 1. The highest BCUT2D eigenvalue weighted by atomic mass is 16.5. The van der Waals surface area contributed by atoms with E-state index in [-0.39, 0.29) is 5.54 Å². The average molecular weight is 226 g/mol. The molecule has 2 N–H and O–H groups in total. The molecule has 1 aromatic heterocycles. The predicted molar refractivity (Wildman–Crippen MR) is 64.0 cm³/mol. The number of hydrogen-bond acceptors (Lipinski definition) is 4. The molecule has 0 spiro atoms. The van der Waals surface area contributed by atoms with Crippen molar-refractivity contribution >= 4 is 0 Å². The van der Waals surface area contributed by atoms with Crippen molar-refractivity contribution in [1.29, 1.82) is 0 Å². The van der Waals surface area contributed by atoms with Crippen molar-refractivity contribution in [2.45, 2.75) is 32.5 Å². The van der Waals surface area contributed by atoms with Gasteiger partial charge in [0.2, 0.25) is 0 Å². The van der Waals surface area contributed by atoms with Gasteiger partial charge < -0.3 is 19.8 Å². The van der Waals surface area contributed by atoms with Gasteiger partial charge in [-0.15, -0.1) is 0 Å². The van der Waals surface area contributed by atoms with E-state index in [0.29, 0.717) is 19.8 Å². The van der Waals surface area contributed by atoms with Crippen molar-refractivity contribution in [2.75, 3.05) is 20.7 Å². The first-order valence-corrected chi connectivity index (χ1v) is 5.48. The van der Waals surface area contributed by atoms with Gasteiger partial charge in [0.1, 0.15) is 18.1 Å². The Labute approximate surface area is 97.4 Å². The lowest BCUT2D eigenvalue weighted by molar-refractivity contribution is 0.0206. The molecule has 0 radical (unpaired) electrons. The molecule has 0 bridgehead atoms. The lowest BCUT2D eigenvalue weighted by Gasteiger charge is -2.31. The summed E-state index contributed by atoms with van der Waals surface area (Å²) < 4.78 is 11.1. The molecular formula is C12H22N2O2. The number of rotatable bonds is 6. The quantitative estimate of drug-likeness (QED) is 0.800. The van der Waals surface area contributed by atoms with Crippen molar-refractivity contribution < 1.29 is 9.15 Å². The van der Waals surface area contributed by atoms with Gasteiger partial charge in [-0.2, -0.15) is 0 Å². The smallest absolute Gasteiger partial charge is 0.129 e. The van der Waals surface area contributed by atoms with Crippen LogP contribution in [0.15, 0.2) is 16.5 Å². The minimum absolute atomic E-state index is 0.0310. The van der Waals surface area contributed by atoms with E-state index in [2.05, 4.69) is 18.7 Å². The Balaban J connectivity index is 2.35. The lowest BCUT2D eigenvalue weighted by Crippen LogP contribution is -2.42. The number of furan rings is 1. The molecule has 4 nitrogen and oxygen atoms in total. The van der Waals surface area contributed by atoms with Crippen molar-refractivity contribution in [3.63, 3.8) is 0 Å². The highest BCUT2D eigenvalue weighted by molar-refractivity contribution is 5.05. The molecular weight excluding hydrogens is 204 g/mol. The van der Waals surface area contributed by atoms with Gasteiger partial charge >= 0.3 is 0 Å². The number of likely N-dealkylation sites (N-methyl/N-ethyl adjacent to an activating group) is 1. The fraction of sp³-hybridized carbons (Fsp3) is 0.667. The Morgan fingerprint density at radius 3 is 2.44 bits per heavy atom. The van der Waals surface area contributed by atoms with Crippen LogP contribution in [0.25, 0.3) is 0 Å². The molecule has 0 fully saturated rings. The molecule has 92 valence electrons. The Morgan fingerprint density at radius 2 is 1.94 bits per heavy atom. The molecule has 0 saturated carbocycles. The molecule has 0 aliphatic heterocycles. The standard InChI is InChI=1S/C12H22N2O2/c1-12(2,14(3)4)9-15-8-11-6-5-10(7-13)16-11/h5-6H,7-9,13H2,1-4H3. The average Bonchev–Trinajstić information content (AvgIpc) is 2.65. The van der Waals surface area contributed by atoms with E-state index in [0.717, 1.165) is 11.5 Å². The third-order valence-corrected chi connectivity index (χ3v) is 2.83. The SMILES string of the molecule is CN(C)C(C)(C)COCc1ccc(CN)o1. The molecule has 0 unspecified atom stereocenters. The van der Waals surface area contributed by atoms with E-state index in [1.165, 1.54) is 0 Å². The minimum atomic E-state index is 0.0310. The summed E-state index contributed by atoms with van der Waals surface area (Å²) in [6.07, 6.45) is 0. The van der Waals surface area contributed by atoms with E-state index >= 15 is 0 Å². The number of ether oxygens (including phenoxy) is 1. The summed E-state index contributed by atoms with van der Waals surface area (Å²) in [7, 11) is 4.09. The first kappa shape index (κ1) is 13.2. The summed E-state index contributed by atoms with van der Waals surface area (Å²) in [6, 6.07) is 3.79. The zero-order valence-electron chi connectivity index (χ0n) is 10.6. The summed E-state index contributed by atoms with van der Waals surface area (Å²) in [6.45, 7) is 5.88. The molecule has 1 rings (SSSR count). The third-order valence-electron chi connectivity index (χ3n) is 2.83. The van der Waals surface area contributed by atoms with Crippen LogP contribution in [0.2, 0.25) is 0 Å². The van der Waals surface area contributed by atoms with Crippen LogP contribution in [-0.4, -0.2) is 31.1 Å². The van der Waals surface area contributed by atoms with Crippen LogP contribution in [0.1, 0.15) is 25.4 Å². The van der Waals surface area contributed by atoms with Gasteiger partial charge in [0, 0.05) is 5.54 Å². The van der Waals surface area contributed by atoms with Gasteiger partial charge in [-0.25, -0.2) is 0 Å². The van der Waals surface area contributed by atoms with Crippen LogP contribution in [0, 0.1) is 0 Å². The Hall–Kier alpha value is -0.840. The molecule has 0 atom stereocenters. The fourth-order valence-corrected chi connectivity index (χ4v) is 1.14. The van der Waals surface area contributed by atoms with Crippen LogP contribution in [0.5, 0.6) is 0 Å². The molecule has 1 heterocycles. The molecule has 0 saturated heterocycles. The Kier molecular flexibility index (Phi) is 4.53. The molecule has 4 heteroatoms. The summed E-state index contributed by atoms with van der Waals surface area (Å²) in [5.41, 5.74) is 5.49. The largest absolute Gasteiger partial charge is 0.462 e. The fourth-order valence-electron chi connectivity index (χ4n) is 1.14. The van der Waals surface area contributed by atoms with Crippen molar-refractivity contribution in [1.82, 2.24) is 4.90 Å². The van der Waals surface area contributed by atoms with Crippen LogP contribution in [0.3, 0.4) is 0 Å². The molecule has 0 aliphatic carbocycles. The van der Waals surface area contributed by atoms with Crippen LogP contribution in [-0.2, 0) is 17.9 Å². The molecule has 1 aromatic rings. The van der Waals surface area contributed by atoms with Crippen LogP contribution < -0.4 is 5.73 Å². The van der Waals surface area contributed by atoms with Gasteiger partial charge in [-0.3, -0.25) is 0 Å². The van der Waals surface area contributed by atoms with Crippen molar-refractivity contribution in [2.24, 2.45) is 5.73 Å². The second kappa shape index (κ2) is 5.48. The van der Waals surface area contributed by atoms with Gasteiger partial charge in [0.05, 0.1) is 13.2 Å². The predicted octanol–water partition coefficient (Wildman–Crippen LogP) is 1.60. The van der Waals surface area contributed by atoms with E-state index < -0.39 is 0 Å². The lowest BCUT2D eigenvalue weighted by atomic mass is 10.1. The van der Waals surface area contributed by atoms with Gasteiger partial charge in [0.15, 0.2) is 0 Å². The van der Waals surface area contributed by atoms with Crippen molar-refractivity contribution in [3.05, 3.63) is 23.7 Å². The van der Waals surface area contributed by atoms with Crippen LogP contribution in [0.4, 0.5) is 0 Å². The molecule has 0 aromatic carbocycles. The molecule has 0 aliphatic rings. The number of nitrogens with zero attached hydrogens (tertiary/aromatic N) is 1. The van der Waals surface area contributed by atoms with E-state index in [1.807, 2.05) is 26.2 Å². The maximum Gasteiger partial charge on any atom is 0.129 e. The summed E-state index contributed by atoms with van der Waals surface area (Å²) >= 11 is 0. The summed E-state index contributed by atoms with van der Waals surface area (Å²) in [5.74, 6) is 1.63. The van der Waals surface area contributed by atoms with Crippen molar-refractivity contribution in [3.8, 4) is 0 Å². The second-order valence-corrected chi connectivity index (χ2v) is 4.77. The molecule has 0 amide bonds. The first-order chi connectivity index (χ1) is 7.45. The summed E-state index contributed by atoms with van der Waals surface area (Å²) in [5, 5.41) is 0. The Morgan fingerprint density at radius 1 is 1.31 bits per heavy atom.